The molecule has 4 nitrogen and oxygen atoms in total. The molecule has 2 heterocycles. The van der Waals surface area contributed by atoms with E-state index in [1.807, 2.05) is 18.2 Å². The largest absolute Gasteiger partial charge is 0.328 e. The molecular formula is C18H24N4. The Morgan fingerprint density at radius 1 is 1.05 bits per heavy atom. The molecule has 0 unspecified atom stereocenters. The van der Waals surface area contributed by atoms with Crippen LogP contribution in [0.25, 0.3) is 11.3 Å². The molecule has 0 spiro atoms. The molecule has 0 amide bonds. The number of aromatic nitrogens is 2. The van der Waals surface area contributed by atoms with Gasteiger partial charge in [-0.25, -0.2) is 0 Å². The third-order valence-electron chi connectivity index (χ3n) is 4.67. The third kappa shape index (κ3) is 3.18. The molecule has 1 aliphatic heterocycles. The van der Waals surface area contributed by atoms with E-state index in [2.05, 4.69) is 41.1 Å². The number of nitrogens with zero attached hydrogens (tertiary/aromatic N) is 3. The van der Waals surface area contributed by atoms with E-state index in [0.29, 0.717) is 6.04 Å². The molecule has 0 saturated carbocycles. The number of nitrogens with two attached hydrogens (primary N) is 1. The van der Waals surface area contributed by atoms with Crippen LogP contribution in [0, 0.1) is 13.8 Å². The molecule has 1 saturated heterocycles. The molecule has 0 atom stereocenters. The molecule has 22 heavy (non-hydrogen) atoms. The first-order valence-electron chi connectivity index (χ1n) is 8.01. The van der Waals surface area contributed by atoms with Gasteiger partial charge in [-0.2, -0.15) is 5.10 Å². The fraction of sp³-hybridized carbons (Fsp3) is 0.444. The van der Waals surface area contributed by atoms with Gasteiger partial charge in [-0.15, -0.1) is 5.10 Å². The summed E-state index contributed by atoms with van der Waals surface area (Å²) in [6.07, 6.45) is 2.15. The third-order valence-corrected chi connectivity index (χ3v) is 4.67. The highest BCUT2D eigenvalue weighted by Gasteiger charge is 2.18. The minimum atomic E-state index is 0.366. The number of hydrogen-bond donors (Lipinski definition) is 1. The average molecular weight is 296 g/mol. The summed E-state index contributed by atoms with van der Waals surface area (Å²) in [4.78, 5) is 2.43. The lowest BCUT2D eigenvalue weighted by Crippen LogP contribution is -2.39. The van der Waals surface area contributed by atoms with Crippen molar-refractivity contribution in [2.75, 3.05) is 13.1 Å². The molecule has 2 N–H and O–H groups in total. The maximum Gasteiger partial charge on any atom is 0.0961 e. The molecule has 1 aromatic heterocycles. The molecule has 1 aromatic carbocycles. The fourth-order valence-corrected chi connectivity index (χ4v) is 3.00. The fourth-order valence-electron chi connectivity index (χ4n) is 3.00. The van der Waals surface area contributed by atoms with Crippen LogP contribution in [0.3, 0.4) is 0 Å². The van der Waals surface area contributed by atoms with Crippen LogP contribution in [0.4, 0.5) is 0 Å². The Balaban J connectivity index is 1.81. The van der Waals surface area contributed by atoms with E-state index in [0.717, 1.165) is 49.4 Å². The number of hydrogen-bond acceptors (Lipinski definition) is 4. The normalized spacial score (nSPS) is 16.9. The SMILES string of the molecule is Cc1c(CN2CCC(N)CC2)nnc(-c2ccccc2)c1C. The quantitative estimate of drug-likeness (QED) is 0.946. The minimum Gasteiger partial charge on any atom is -0.328 e. The standard InChI is InChI=1S/C18H24N4/c1-13-14(2)18(15-6-4-3-5-7-15)21-20-17(13)12-22-10-8-16(19)9-11-22/h3-7,16H,8-12,19H2,1-2H3. The van der Waals surface area contributed by atoms with Gasteiger partial charge in [-0.05, 0) is 37.8 Å². The molecular weight excluding hydrogens is 272 g/mol. The molecule has 1 aliphatic rings. The molecule has 3 rings (SSSR count). The summed E-state index contributed by atoms with van der Waals surface area (Å²) in [5.41, 5.74) is 11.7. The average Bonchev–Trinajstić information content (AvgIpc) is 2.55. The van der Waals surface area contributed by atoms with Gasteiger partial charge in [-0.3, -0.25) is 4.90 Å². The van der Waals surface area contributed by atoms with Crippen molar-refractivity contribution in [3.8, 4) is 11.3 Å². The predicted molar refractivity (Wildman–Crippen MR) is 89.4 cm³/mol. The van der Waals surface area contributed by atoms with Crippen LogP contribution in [0.5, 0.6) is 0 Å². The van der Waals surface area contributed by atoms with Gasteiger partial charge >= 0.3 is 0 Å². The van der Waals surface area contributed by atoms with Crippen LogP contribution >= 0.6 is 0 Å². The molecule has 0 bridgehead atoms. The van der Waals surface area contributed by atoms with Crippen molar-refractivity contribution in [2.24, 2.45) is 5.73 Å². The maximum absolute atomic E-state index is 5.97. The zero-order chi connectivity index (χ0) is 15.5. The van der Waals surface area contributed by atoms with Crippen molar-refractivity contribution in [3.63, 3.8) is 0 Å². The zero-order valence-electron chi connectivity index (χ0n) is 13.4. The smallest absolute Gasteiger partial charge is 0.0961 e. The van der Waals surface area contributed by atoms with Gasteiger partial charge in [0, 0.05) is 31.2 Å². The van der Waals surface area contributed by atoms with Crippen molar-refractivity contribution < 1.29 is 0 Å². The zero-order valence-corrected chi connectivity index (χ0v) is 13.4. The van der Waals surface area contributed by atoms with Gasteiger partial charge < -0.3 is 5.73 Å². The molecule has 4 heteroatoms. The second-order valence-electron chi connectivity index (χ2n) is 6.22. The summed E-state index contributed by atoms with van der Waals surface area (Å²) in [6.45, 7) is 7.29. The van der Waals surface area contributed by atoms with E-state index in [1.54, 1.807) is 0 Å². The Labute approximate surface area is 132 Å². The number of benzene rings is 1. The van der Waals surface area contributed by atoms with E-state index in [4.69, 9.17) is 5.73 Å². The second-order valence-corrected chi connectivity index (χ2v) is 6.22. The van der Waals surface area contributed by atoms with E-state index in [-0.39, 0.29) is 0 Å². The van der Waals surface area contributed by atoms with Gasteiger partial charge in [0.2, 0.25) is 0 Å². The molecule has 0 aliphatic carbocycles. The van der Waals surface area contributed by atoms with Gasteiger partial charge in [0.1, 0.15) is 0 Å². The highest BCUT2D eigenvalue weighted by Crippen LogP contribution is 2.24. The summed E-state index contributed by atoms with van der Waals surface area (Å²) in [5, 5.41) is 8.99. The van der Waals surface area contributed by atoms with E-state index < -0.39 is 0 Å². The van der Waals surface area contributed by atoms with Crippen LogP contribution in [-0.4, -0.2) is 34.2 Å². The summed E-state index contributed by atoms with van der Waals surface area (Å²) in [6, 6.07) is 10.6. The predicted octanol–water partition coefficient (Wildman–Crippen LogP) is 2.68. The summed E-state index contributed by atoms with van der Waals surface area (Å²) >= 11 is 0. The summed E-state index contributed by atoms with van der Waals surface area (Å²) < 4.78 is 0. The van der Waals surface area contributed by atoms with Crippen LogP contribution in [0.2, 0.25) is 0 Å². The first-order valence-corrected chi connectivity index (χ1v) is 8.01. The van der Waals surface area contributed by atoms with Crippen molar-refractivity contribution in [1.29, 1.82) is 0 Å². The lowest BCUT2D eigenvalue weighted by molar-refractivity contribution is 0.202. The molecule has 2 aromatic rings. The van der Waals surface area contributed by atoms with Crippen LogP contribution in [-0.2, 0) is 6.54 Å². The van der Waals surface area contributed by atoms with Gasteiger partial charge in [0.05, 0.1) is 11.4 Å². The van der Waals surface area contributed by atoms with E-state index in [1.165, 1.54) is 11.1 Å². The van der Waals surface area contributed by atoms with Crippen molar-refractivity contribution in [3.05, 3.63) is 47.2 Å². The minimum absolute atomic E-state index is 0.366. The Morgan fingerprint density at radius 3 is 2.41 bits per heavy atom. The second kappa shape index (κ2) is 6.55. The summed E-state index contributed by atoms with van der Waals surface area (Å²) in [5.74, 6) is 0. The summed E-state index contributed by atoms with van der Waals surface area (Å²) in [7, 11) is 0. The highest BCUT2D eigenvalue weighted by molar-refractivity contribution is 5.63. The molecule has 1 fully saturated rings. The maximum atomic E-state index is 5.97. The Morgan fingerprint density at radius 2 is 1.73 bits per heavy atom. The Hall–Kier alpha value is -1.78. The Kier molecular flexibility index (Phi) is 4.50. The van der Waals surface area contributed by atoms with Gasteiger partial charge in [-0.1, -0.05) is 30.3 Å². The van der Waals surface area contributed by atoms with E-state index in [9.17, 15) is 0 Å². The van der Waals surface area contributed by atoms with Crippen LogP contribution in [0.15, 0.2) is 30.3 Å². The van der Waals surface area contributed by atoms with Crippen molar-refractivity contribution >= 4 is 0 Å². The lowest BCUT2D eigenvalue weighted by atomic mass is 10.0. The molecule has 0 radical (unpaired) electrons. The Bertz CT molecular complexity index is 631. The number of piperidine rings is 1. The monoisotopic (exact) mass is 296 g/mol. The highest BCUT2D eigenvalue weighted by atomic mass is 15.2. The molecule has 116 valence electrons. The number of rotatable bonds is 3. The first-order chi connectivity index (χ1) is 10.6. The van der Waals surface area contributed by atoms with Crippen molar-refractivity contribution in [1.82, 2.24) is 15.1 Å². The number of likely N-dealkylation sites (tertiary alicyclic amines) is 1. The van der Waals surface area contributed by atoms with Crippen LogP contribution < -0.4 is 5.73 Å². The van der Waals surface area contributed by atoms with Crippen molar-refractivity contribution in [2.45, 2.75) is 39.3 Å². The van der Waals surface area contributed by atoms with E-state index >= 15 is 0 Å². The topological polar surface area (TPSA) is 55.0 Å². The van der Waals surface area contributed by atoms with Gasteiger partial charge in [0.15, 0.2) is 0 Å². The van der Waals surface area contributed by atoms with Crippen LogP contribution in [0.1, 0.15) is 29.7 Å². The van der Waals surface area contributed by atoms with Gasteiger partial charge in [0.25, 0.3) is 0 Å². The first kappa shape index (κ1) is 15.1. The lowest BCUT2D eigenvalue weighted by Gasteiger charge is -2.30.